The zero-order chi connectivity index (χ0) is 36.7. The molecule has 0 atom stereocenters. The highest BCUT2D eigenvalue weighted by atomic mass is 16.4. The second-order valence-electron chi connectivity index (χ2n) is 14.8. The summed E-state index contributed by atoms with van der Waals surface area (Å²) in [5, 5.41) is 11.8. The standard InChI is InChI=1S/C54H32O2/c1-2-15-39-34(11-1)12-10-21-40(39)37-13-9-14-38(31-37)52-44-19-5-3-17-42(44)51(43-18-4-6-20-45(43)52)35-25-23-33(24-26-35)36-27-30-50-48(32-36)47-29-28-46-41-16-7-8-22-49(41)55-53(46)54(47)56-50/h1-32H. The summed E-state index contributed by atoms with van der Waals surface area (Å²) in [4.78, 5) is 0. The zero-order valence-electron chi connectivity index (χ0n) is 30.3. The van der Waals surface area contributed by atoms with E-state index in [1.54, 1.807) is 0 Å². The normalized spacial score (nSPS) is 11.9. The predicted octanol–water partition coefficient (Wildman–Crippen LogP) is 15.6. The predicted molar refractivity (Wildman–Crippen MR) is 235 cm³/mol. The second-order valence-corrected chi connectivity index (χ2v) is 14.8. The fourth-order valence-electron chi connectivity index (χ4n) is 9.10. The highest BCUT2D eigenvalue weighted by molar-refractivity contribution is 6.22. The topological polar surface area (TPSA) is 26.3 Å². The minimum atomic E-state index is 0.795. The summed E-state index contributed by atoms with van der Waals surface area (Å²) in [6.07, 6.45) is 0. The molecule has 0 N–H and O–H groups in total. The van der Waals surface area contributed by atoms with Gasteiger partial charge in [0.25, 0.3) is 0 Å². The van der Waals surface area contributed by atoms with Crippen molar-refractivity contribution in [1.29, 1.82) is 0 Å². The van der Waals surface area contributed by atoms with E-state index in [4.69, 9.17) is 8.83 Å². The molecule has 0 radical (unpaired) electrons. The van der Waals surface area contributed by atoms with E-state index in [9.17, 15) is 0 Å². The number of hydrogen-bond donors (Lipinski definition) is 0. The van der Waals surface area contributed by atoms with Crippen LogP contribution in [-0.2, 0) is 0 Å². The molecule has 0 saturated heterocycles. The first-order valence-corrected chi connectivity index (χ1v) is 19.2. The third-order valence-corrected chi connectivity index (χ3v) is 11.7. The van der Waals surface area contributed by atoms with E-state index >= 15 is 0 Å². The number of para-hydroxylation sites is 1. The Kier molecular flexibility index (Phi) is 6.66. The molecule has 2 aromatic heterocycles. The van der Waals surface area contributed by atoms with Crippen molar-refractivity contribution in [2.24, 2.45) is 0 Å². The monoisotopic (exact) mass is 712 g/mol. The van der Waals surface area contributed by atoms with Crippen molar-refractivity contribution in [1.82, 2.24) is 0 Å². The van der Waals surface area contributed by atoms with Gasteiger partial charge in [-0.3, -0.25) is 0 Å². The average Bonchev–Trinajstić information content (AvgIpc) is 3.84. The van der Waals surface area contributed by atoms with Gasteiger partial charge in [0.05, 0.1) is 0 Å². The molecule has 2 nitrogen and oxygen atoms in total. The number of fused-ring (bicyclic) bond motifs is 10. The lowest BCUT2D eigenvalue weighted by atomic mass is 9.85. The van der Waals surface area contributed by atoms with Gasteiger partial charge in [-0.15, -0.1) is 0 Å². The third kappa shape index (κ3) is 4.63. The lowest BCUT2D eigenvalue weighted by Crippen LogP contribution is -1.91. The van der Waals surface area contributed by atoms with Gasteiger partial charge in [0, 0.05) is 21.5 Å². The number of hydrogen-bond acceptors (Lipinski definition) is 2. The van der Waals surface area contributed by atoms with Crippen molar-refractivity contribution >= 4 is 76.2 Å². The van der Waals surface area contributed by atoms with Crippen molar-refractivity contribution < 1.29 is 8.83 Å². The number of furan rings is 2. The second kappa shape index (κ2) is 12.0. The van der Waals surface area contributed by atoms with Crippen LogP contribution in [0.5, 0.6) is 0 Å². The van der Waals surface area contributed by atoms with Gasteiger partial charge in [-0.05, 0) is 113 Å². The number of rotatable bonds is 4. The Morgan fingerprint density at radius 3 is 1.46 bits per heavy atom. The molecular formula is C54H32O2. The summed E-state index contributed by atoms with van der Waals surface area (Å²) in [5.74, 6) is 0. The van der Waals surface area contributed by atoms with Crippen molar-refractivity contribution in [3.8, 4) is 44.5 Å². The van der Waals surface area contributed by atoms with E-state index in [-0.39, 0.29) is 0 Å². The van der Waals surface area contributed by atoms with Crippen molar-refractivity contribution in [3.05, 3.63) is 194 Å². The Labute approximate surface area is 322 Å². The molecular weight excluding hydrogens is 681 g/mol. The Morgan fingerprint density at radius 2 is 0.750 bits per heavy atom. The quantitative estimate of drug-likeness (QED) is 0.170. The summed E-state index contributed by atoms with van der Waals surface area (Å²) in [6.45, 7) is 0. The zero-order valence-corrected chi connectivity index (χ0v) is 30.3. The summed E-state index contributed by atoms with van der Waals surface area (Å²) in [6, 6.07) is 70.1. The lowest BCUT2D eigenvalue weighted by molar-refractivity contribution is 0.633. The fraction of sp³-hybridized carbons (Fsp3) is 0. The maximum absolute atomic E-state index is 6.44. The molecule has 10 aromatic carbocycles. The van der Waals surface area contributed by atoms with E-state index in [1.807, 2.05) is 18.2 Å². The Balaban J connectivity index is 0.979. The van der Waals surface area contributed by atoms with Crippen molar-refractivity contribution in [2.75, 3.05) is 0 Å². The highest BCUT2D eigenvalue weighted by Gasteiger charge is 2.19. The van der Waals surface area contributed by atoms with Gasteiger partial charge in [0.2, 0.25) is 0 Å². The maximum Gasteiger partial charge on any atom is 0.178 e. The van der Waals surface area contributed by atoms with Crippen LogP contribution in [0.2, 0.25) is 0 Å². The Hall–Kier alpha value is -7.42. The van der Waals surface area contributed by atoms with Gasteiger partial charge < -0.3 is 8.83 Å². The first kappa shape index (κ1) is 31.0. The SMILES string of the molecule is c1cc(-c2cccc3ccccc23)cc(-c2c3ccccc3c(-c3ccc(-c4ccc5oc6c(ccc7c8ccccc8oc76)c5c4)cc3)c3ccccc23)c1. The lowest BCUT2D eigenvalue weighted by Gasteiger charge is -2.18. The van der Waals surface area contributed by atoms with E-state index in [0.717, 1.165) is 55.0 Å². The van der Waals surface area contributed by atoms with Crippen LogP contribution in [0.25, 0.3) is 121 Å². The summed E-state index contributed by atoms with van der Waals surface area (Å²) in [5.41, 5.74) is 13.0. The molecule has 0 fully saturated rings. The summed E-state index contributed by atoms with van der Waals surface area (Å²) < 4.78 is 12.7. The van der Waals surface area contributed by atoms with Gasteiger partial charge in [-0.1, -0.05) is 158 Å². The van der Waals surface area contributed by atoms with Crippen molar-refractivity contribution in [2.45, 2.75) is 0 Å². The van der Waals surface area contributed by atoms with Crippen LogP contribution in [0, 0.1) is 0 Å². The molecule has 0 spiro atoms. The molecule has 0 amide bonds. The van der Waals surface area contributed by atoms with Gasteiger partial charge in [0.15, 0.2) is 11.2 Å². The van der Waals surface area contributed by atoms with Crippen LogP contribution in [-0.4, -0.2) is 0 Å². The molecule has 12 aromatic rings. The summed E-state index contributed by atoms with van der Waals surface area (Å²) >= 11 is 0. The molecule has 0 aliphatic rings. The van der Waals surface area contributed by atoms with Crippen molar-refractivity contribution in [3.63, 3.8) is 0 Å². The van der Waals surface area contributed by atoms with E-state index in [1.165, 1.54) is 65.7 Å². The highest BCUT2D eigenvalue weighted by Crippen LogP contribution is 2.45. The van der Waals surface area contributed by atoms with Gasteiger partial charge in [-0.2, -0.15) is 0 Å². The first-order valence-electron chi connectivity index (χ1n) is 19.2. The van der Waals surface area contributed by atoms with Crippen LogP contribution in [0.1, 0.15) is 0 Å². The Morgan fingerprint density at radius 1 is 0.250 bits per heavy atom. The van der Waals surface area contributed by atoms with Gasteiger partial charge in [0.1, 0.15) is 11.2 Å². The molecule has 260 valence electrons. The van der Waals surface area contributed by atoms with Crippen LogP contribution >= 0.6 is 0 Å². The molecule has 2 heterocycles. The van der Waals surface area contributed by atoms with Crippen LogP contribution in [0.3, 0.4) is 0 Å². The first-order chi connectivity index (χ1) is 27.8. The van der Waals surface area contributed by atoms with Gasteiger partial charge >= 0.3 is 0 Å². The Bertz CT molecular complexity index is 3460. The minimum Gasteiger partial charge on any atom is -0.452 e. The maximum atomic E-state index is 6.44. The molecule has 0 aliphatic carbocycles. The van der Waals surface area contributed by atoms with E-state index in [0.29, 0.717) is 0 Å². The minimum absolute atomic E-state index is 0.795. The molecule has 2 heteroatoms. The van der Waals surface area contributed by atoms with E-state index in [2.05, 4.69) is 176 Å². The summed E-state index contributed by atoms with van der Waals surface area (Å²) in [7, 11) is 0. The molecule has 56 heavy (non-hydrogen) atoms. The van der Waals surface area contributed by atoms with E-state index < -0.39 is 0 Å². The third-order valence-electron chi connectivity index (χ3n) is 11.7. The molecule has 0 saturated carbocycles. The molecule has 0 unspecified atom stereocenters. The fourth-order valence-corrected chi connectivity index (χ4v) is 9.10. The van der Waals surface area contributed by atoms with Gasteiger partial charge in [-0.25, -0.2) is 0 Å². The number of benzene rings is 10. The molecule has 0 bridgehead atoms. The smallest absolute Gasteiger partial charge is 0.178 e. The van der Waals surface area contributed by atoms with Crippen LogP contribution < -0.4 is 0 Å². The molecule has 12 rings (SSSR count). The largest absolute Gasteiger partial charge is 0.452 e. The molecule has 0 aliphatic heterocycles. The average molecular weight is 713 g/mol. The van der Waals surface area contributed by atoms with Crippen LogP contribution in [0.4, 0.5) is 0 Å². The van der Waals surface area contributed by atoms with Crippen LogP contribution in [0.15, 0.2) is 203 Å².